The number of aromatic nitrogens is 2. The molecule has 0 radical (unpaired) electrons. The summed E-state index contributed by atoms with van der Waals surface area (Å²) in [6, 6.07) is 2.43. The van der Waals surface area contributed by atoms with Gasteiger partial charge in [0.25, 0.3) is 0 Å². The molecule has 0 aromatic carbocycles. The third-order valence-corrected chi connectivity index (χ3v) is 2.85. The topological polar surface area (TPSA) is 47.1 Å². The number of likely N-dealkylation sites (tertiary alicyclic amines) is 1. The Bertz CT molecular complexity index is 303. The van der Waals surface area contributed by atoms with Crippen LogP contribution in [0.15, 0.2) is 12.3 Å². The summed E-state index contributed by atoms with van der Waals surface area (Å²) in [5, 5.41) is 4.16. The highest BCUT2D eigenvalue weighted by molar-refractivity contribution is 5.85. The Balaban J connectivity index is 0.00000112. The summed E-state index contributed by atoms with van der Waals surface area (Å²) < 4.78 is 1.93. The van der Waals surface area contributed by atoms with Crippen molar-refractivity contribution in [3.8, 4) is 0 Å². The summed E-state index contributed by atoms with van der Waals surface area (Å²) in [5.74, 6) is 0. The summed E-state index contributed by atoms with van der Waals surface area (Å²) >= 11 is 0. The van der Waals surface area contributed by atoms with Crippen molar-refractivity contribution in [2.24, 2.45) is 12.8 Å². The first-order chi connectivity index (χ1) is 6.75. The Hall–Kier alpha value is -0.290. The molecular formula is C10H20Cl2N4. The second kappa shape index (κ2) is 7.12. The minimum atomic E-state index is 0. The molecule has 1 fully saturated rings. The second-order valence-corrected chi connectivity index (χ2v) is 4.08. The Morgan fingerprint density at radius 2 is 2.25 bits per heavy atom. The van der Waals surface area contributed by atoms with E-state index in [9.17, 15) is 0 Å². The molecule has 1 aliphatic rings. The fraction of sp³-hybridized carbons (Fsp3) is 0.700. The van der Waals surface area contributed by atoms with E-state index in [1.165, 1.54) is 25.1 Å². The van der Waals surface area contributed by atoms with Gasteiger partial charge in [0.1, 0.15) is 0 Å². The van der Waals surface area contributed by atoms with Gasteiger partial charge in [0, 0.05) is 32.4 Å². The van der Waals surface area contributed by atoms with E-state index in [0.29, 0.717) is 6.04 Å². The van der Waals surface area contributed by atoms with E-state index in [0.717, 1.165) is 13.1 Å². The van der Waals surface area contributed by atoms with Crippen LogP contribution in [0.4, 0.5) is 0 Å². The van der Waals surface area contributed by atoms with Crippen molar-refractivity contribution in [3.05, 3.63) is 18.0 Å². The fourth-order valence-corrected chi connectivity index (χ4v) is 2.02. The van der Waals surface area contributed by atoms with Gasteiger partial charge in [-0.15, -0.1) is 24.8 Å². The molecule has 1 aromatic rings. The van der Waals surface area contributed by atoms with Crippen molar-refractivity contribution in [2.75, 3.05) is 13.1 Å². The first-order valence-electron chi connectivity index (χ1n) is 5.20. The van der Waals surface area contributed by atoms with Gasteiger partial charge in [0.15, 0.2) is 0 Å². The first kappa shape index (κ1) is 15.7. The largest absolute Gasteiger partial charge is 0.327 e. The highest BCUT2D eigenvalue weighted by Crippen LogP contribution is 2.11. The molecule has 2 rings (SSSR count). The molecular weight excluding hydrogens is 247 g/mol. The van der Waals surface area contributed by atoms with Crippen LogP contribution in [0.3, 0.4) is 0 Å². The molecule has 2 heterocycles. The molecule has 1 aromatic heterocycles. The average Bonchev–Trinajstić information content (AvgIpc) is 2.52. The zero-order chi connectivity index (χ0) is 9.97. The lowest BCUT2D eigenvalue weighted by Crippen LogP contribution is -2.42. The Kier molecular flexibility index (Phi) is 6.99. The molecule has 1 aliphatic heterocycles. The molecule has 0 aliphatic carbocycles. The Morgan fingerprint density at radius 1 is 1.50 bits per heavy atom. The SMILES string of the molecule is Cl.Cl.Cn1nccc1CN1CCC[C@@H](N)C1. The lowest BCUT2D eigenvalue weighted by atomic mass is 10.1. The third kappa shape index (κ3) is 3.94. The lowest BCUT2D eigenvalue weighted by Gasteiger charge is -2.30. The number of nitrogens with two attached hydrogens (primary N) is 1. The highest BCUT2D eigenvalue weighted by Gasteiger charge is 2.17. The van der Waals surface area contributed by atoms with E-state index in [-0.39, 0.29) is 24.8 Å². The zero-order valence-electron chi connectivity index (χ0n) is 9.50. The van der Waals surface area contributed by atoms with Gasteiger partial charge in [0.05, 0.1) is 5.69 Å². The van der Waals surface area contributed by atoms with Gasteiger partial charge < -0.3 is 5.73 Å². The van der Waals surface area contributed by atoms with Crippen LogP contribution in [0, 0.1) is 0 Å². The Labute approximate surface area is 109 Å². The predicted octanol–water partition coefficient (Wildman–Crippen LogP) is 1.19. The molecule has 1 saturated heterocycles. The molecule has 0 unspecified atom stereocenters. The van der Waals surface area contributed by atoms with Gasteiger partial charge in [-0.25, -0.2) is 0 Å². The van der Waals surface area contributed by atoms with E-state index in [1.807, 2.05) is 17.9 Å². The quantitative estimate of drug-likeness (QED) is 0.875. The lowest BCUT2D eigenvalue weighted by molar-refractivity contribution is 0.197. The van der Waals surface area contributed by atoms with Crippen LogP contribution in [0.1, 0.15) is 18.5 Å². The van der Waals surface area contributed by atoms with Crippen LogP contribution in [0.5, 0.6) is 0 Å². The summed E-state index contributed by atoms with van der Waals surface area (Å²) in [5.41, 5.74) is 7.19. The van der Waals surface area contributed by atoms with Crippen molar-refractivity contribution in [2.45, 2.75) is 25.4 Å². The van der Waals surface area contributed by atoms with Gasteiger partial charge >= 0.3 is 0 Å². The zero-order valence-corrected chi connectivity index (χ0v) is 11.1. The van der Waals surface area contributed by atoms with E-state index in [4.69, 9.17) is 5.73 Å². The molecule has 16 heavy (non-hydrogen) atoms. The predicted molar refractivity (Wildman–Crippen MR) is 70.2 cm³/mol. The molecule has 0 spiro atoms. The number of hydrogen-bond acceptors (Lipinski definition) is 3. The van der Waals surface area contributed by atoms with Crippen LogP contribution in [-0.2, 0) is 13.6 Å². The molecule has 2 N–H and O–H groups in total. The van der Waals surface area contributed by atoms with Crippen LogP contribution < -0.4 is 5.73 Å². The third-order valence-electron chi connectivity index (χ3n) is 2.85. The van der Waals surface area contributed by atoms with Gasteiger partial charge in [-0.05, 0) is 25.5 Å². The number of piperidine rings is 1. The maximum Gasteiger partial charge on any atom is 0.0521 e. The molecule has 94 valence electrons. The van der Waals surface area contributed by atoms with Crippen LogP contribution in [0.2, 0.25) is 0 Å². The number of nitrogens with zero attached hydrogens (tertiary/aromatic N) is 3. The van der Waals surface area contributed by atoms with Crippen molar-refractivity contribution < 1.29 is 0 Å². The van der Waals surface area contributed by atoms with Gasteiger partial charge in [0.2, 0.25) is 0 Å². The summed E-state index contributed by atoms with van der Waals surface area (Å²) in [4.78, 5) is 2.41. The van der Waals surface area contributed by atoms with E-state index < -0.39 is 0 Å². The molecule has 4 nitrogen and oxygen atoms in total. The average molecular weight is 267 g/mol. The van der Waals surface area contributed by atoms with E-state index in [2.05, 4.69) is 16.1 Å². The molecule has 0 saturated carbocycles. The van der Waals surface area contributed by atoms with Crippen LogP contribution in [-0.4, -0.2) is 33.8 Å². The van der Waals surface area contributed by atoms with Crippen molar-refractivity contribution >= 4 is 24.8 Å². The maximum absolute atomic E-state index is 5.93. The van der Waals surface area contributed by atoms with E-state index >= 15 is 0 Å². The van der Waals surface area contributed by atoms with Crippen LogP contribution >= 0.6 is 24.8 Å². The normalized spacial score (nSPS) is 21.0. The van der Waals surface area contributed by atoms with Gasteiger partial charge in [-0.1, -0.05) is 0 Å². The molecule has 0 bridgehead atoms. The fourth-order valence-electron chi connectivity index (χ4n) is 2.02. The number of hydrogen-bond donors (Lipinski definition) is 1. The second-order valence-electron chi connectivity index (χ2n) is 4.08. The molecule has 1 atom stereocenters. The maximum atomic E-state index is 5.93. The van der Waals surface area contributed by atoms with Crippen molar-refractivity contribution in [3.63, 3.8) is 0 Å². The highest BCUT2D eigenvalue weighted by atomic mass is 35.5. The van der Waals surface area contributed by atoms with Gasteiger partial charge in [-0.2, -0.15) is 5.10 Å². The van der Waals surface area contributed by atoms with E-state index in [1.54, 1.807) is 0 Å². The van der Waals surface area contributed by atoms with Gasteiger partial charge in [-0.3, -0.25) is 9.58 Å². The standard InChI is InChI=1S/C10H18N4.2ClH/c1-13-10(4-5-12-13)8-14-6-2-3-9(11)7-14;;/h4-5,9H,2-3,6-8,11H2,1H3;2*1H/t9-;;/m1../s1. The minimum Gasteiger partial charge on any atom is -0.327 e. The summed E-state index contributed by atoms with van der Waals surface area (Å²) in [7, 11) is 1.99. The smallest absolute Gasteiger partial charge is 0.0521 e. The number of rotatable bonds is 2. The molecule has 6 heteroatoms. The first-order valence-corrected chi connectivity index (χ1v) is 5.20. The van der Waals surface area contributed by atoms with Crippen molar-refractivity contribution in [1.29, 1.82) is 0 Å². The summed E-state index contributed by atoms with van der Waals surface area (Å²) in [6.45, 7) is 3.16. The number of halogens is 2. The minimum absolute atomic E-state index is 0. The molecule has 0 amide bonds. The number of aryl methyl sites for hydroxylation is 1. The monoisotopic (exact) mass is 266 g/mol. The van der Waals surface area contributed by atoms with Crippen molar-refractivity contribution in [1.82, 2.24) is 14.7 Å². The summed E-state index contributed by atoms with van der Waals surface area (Å²) in [6.07, 6.45) is 4.24. The van der Waals surface area contributed by atoms with Crippen LogP contribution in [0.25, 0.3) is 0 Å². The Morgan fingerprint density at radius 3 is 2.81 bits per heavy atom.